The van der Waals surface area contributed by atoms with Gasteiger partial charge in [-0.25, -0.2) is 9.37 Å². The molecule has 1 aliphatic heterocycles. The maximum Gasteiger partial charge on any atom is 0.264 e. The fraction of sp³-hybridized carbons (Fsp3) is 0.316. The van der Waals surface area contributed by atoms with E-state index in [2.05, 4.69) is 10.1 Å². The average Bonchev–Trinajstić information content (AvgIpc) is 3.11. The van der Waals surface area contributed by atoms with E-state index < -0.39 is 5.82 Å². The summed E-state index contributed by atoms with van der Waals surface area (Å²) in [5.74, 6) is -1.07. The number of carbonyl (C=O) groups excluding carboxylic acids is 2. The molecule has 1 aromatic carbocycles. The standard InChI is InChI=1S/C19H18ClFN6O3/c1-24-17-14(9-23-24)19(30)27(11-22-17)10-16(28)25-4-6-26(7-5-25)18(29)13-3-2-12(21)8-15(13)20/h2-3,8-9,11H,4-7,10H2,1H3. The second-order valence-electron chi connectivity index (χ2n) is 6.98. The molecule has 1 aliphatic rings. The van der Waals surface area contributed by atoms with Gasteiger partial charge in [0.1, 0.15) is 24.1 Å². The molecule has 2 aromatic heterocycles. The minimum absolute atomic E-state index is 0.0520. The van der Waals surface area contributed by atoms with Crippen molar-refractivity contribution in [1.82, 2.24) is 29.1 Å². The zero-order valence-corrected chi connectivity index (χ0v) is 16.8. The summed E-state index contributed by atoms with van der Waals surface area (Å²) in [6.45, 7) is 1.12. The Labute approximate surface area is 175 Å². The number of fused-ring (bicyclic) bond motifs is 1. The van der Waals surface area contributed by atoms with Crippen molar-refractivity contribution in [1.29, 1.82) is 0 Å². The number of amides is 2. The van der Waals surface area contributed by atoms with Gasteiger partial charge in [-0.3, -0.25) is 23.6 Å². The lowest BCUT2D eigenvalue weighted by atomic mass is 10.1. The number of aryl methyl sites for hydroxylation is 1. The Morgan fingerprint density at radius 1 is 1.17 bits per heavy atom. The Hall–Kier alpha value is -3.27. The lowest BCUT2D eigenvalue weighted by molar-refractivity contribution is -0.133. The molecule has 0 bridgehead atoms. The van der Waals surface area contributed by atoms with Crippen molar-refractivity contribution in [2.45, 2.75) is 6.54 Å². The number of nitrogens with zero attached hydrogens (tertiary/aromatic N) is 6. The molecule has 0 saturated carbocycles. The van der Waals surface area contributed by atoms with Gasteiger partial charge < -0.3 is 9.80 Å². The zero-order chi connectivity index (χ0) is 21.4. The van der Waals surface area contributed by atoms with Gasteiger partial charge >= 0.3 is 0 Å². The lowest BCUT2D eigenvalue weighted by Gasteiger charge is -2.35. The molecule has 4 rings (SSSR count). The molecule has 1 fully saturated rings. The van der Waals surface area contributed by atoms with Crippen molar-refractivity contribution in [2.75, 3.05) is 26.2 Å². The van der Waals surface area contributed by atoms with E-state index in [0.29, 0.717) is 37.2 Å². The molecule has 3 aromatic rings. The number of hydrogen-bond donors (Lipinski definition) is 0. The van der Waals surface area contributed by atoms with Crippen LogP contribution in [0.1, 0.15) is 10.4 Å². The highest BCUT2D eigenvalue weighted by Gasteiger charge is 2.26. The number of halogens is 2. The van der Waals surface area contributed by atoms with Gasteiger partial charge in [0.25, 0.3) is 11.5 Å². The first kappa shape index (κ1) is 20.0. The van der Waals surface area contributed by atoms with Crippen molar-refractivity contribution in [3.8, 4) is 0 Å². The van der Waals surface area contributed by atoms with Crippen molar-refractivity contribution in [3.63, 3.8) is 0 Å². The summed E-state index contributed by atoms with van der Waals surface area (Å²) < 4.78 is 15.9. The number of carbonyl (C=O) groups is 2. The molecule has 3 heterocycles. The molecule has 11 heteroatoms. The van der Waals surface area contributed by atoms with Gasteiger partial charge in [0.05, 0.1) is 16.8 Å². The van der Waals surface area contributed by atoms with E-state index in [-0.39, 0.29) is 34.5 Å². The molecular formula is C19H18ClFN6O3. The summed E-state index contributed by atoms with van der Waals surface area (Å²) in [4.78, 5) is 45.1. The van der Waals surface area contributed by atoms with Crippen LogP contribution in [0.4, 0.5) is 4.39 Å². The second-order valence-corrected chi connectivity index (χ2v) is 7.39. The molecule has 0 unspecified atom stereocenters. The van der Waals surface area contributed by atoms with Gasteiger partial charge in [0.15, 0.2) is 5.65 Å². The van der Waals surface area contributed by atoms with Crippen LogP contribution >= 0.6 is 11.6 Å². The Bertz CT molecular complexity index is 1200. The highest BCUT2D eigenvalue weighted by atomic mass is 35.5. The van der Waals surface area contributed by atoms with E-state index in [9.17, 15) is 18.8 Å². The van der Waals surface area contributed by atoms with Crippen LogP contribution in [0, 0.1) is 5.82 Å². The fourth-order valence-corrected chi connectivity index (χ4v) is 3.67. The maximum atomic E-state index is 13.2. The molecule has 156 valence electrons. The fourth-order valence-electron chi connectivity index (χ4n) is 3.42. The van der Waals surface area contributed by atoms with Crippen LogP contribution in [0.2, 0.25) is 5.02 Å². The van der Waals surface area contributed by atoms with Crippen LogP contribution < -0.4 is 5.56 Å². The molecule has 9 nitrogen and oxygen atoms in total. The molecule has 1 saturated heterocycles. The summed E-state index contributed by atoms with van der Waals surface area (Å²) in [6.07, 6.45) is 2.76. The van der Waals surface area contributed by atoms with Crippen LogP contribution in [0.25, 0.3) is 11.0 Å². The Morgan fingerprint density at radius 2 is 1.87 bits per heavy atom. The number of piperazine rings is 1. The number of hydrogen-bond acceptors (Lipinski definition) is 5. The van der Waals surface area contributed by atoms with Crippen LogP contribution in [0.15, 0.2) is 35.5 Å². The number of rotatable bonds is 3. The predicted molar refractivity (Wildman–Crippen MR) is 107 cm³/mol. The summed E-state index contributed by atoms with van der Waals surface area (Å²) in [7, 11) is 1.68. The van der Waals surface area contributed by atoms with Gasteiger partial charge in [-0.1, -0.05) is 11.6 Å². The van der Waals surface area contributed by atoms with Crippen LogP contribution in [0.5, 0.6) is 0 Å². The highest BCUT2D eigenvalue weighted by Crippen LogP contribution is 2.20. The van der Waals surface area contributed by atoms with Gasteiger partial charge in [-0.2, -0.15) is 5.10 Å². The molecular weight excluding hydrogens is 415 g/mol. The van der Waals surface area contributed by atoms with E-state index in [4.69, 9.17) is 11.6 Å². The van der Waals surface area contributed by atoms with Crippen LogP contribution in [0.3, 0.4) is 0 Å². The van der Waals surface area contributed by atoms with Gasteiger partial charge in [0, 0.05) is 33.2 Å². The SMILES string of the molecule is Cn1ncc2c(=O)n(CC(=O)N3CCN(C(=O)c4ccc(F)cc4Cl)CC3)cnc21. The normalized spacial score (nSPS) is 14.4. The predicted octanol–water partition coefficient (Wildman–Crippen LogP) is 0.907. The Balaban J connectivity index is 1.40. The molecule has 2 amide bonds. The van der Waals surface area contributed by atoms with E-state index in [1.165, 1.54) is 33.9 Å². The molecule has 0 N–H and O–H groups in total. The second kappa shape index (κ2) is 7.86. The topological polar surface area (TPSA) is 93.3 Å². The van der Waals surface area contributed by atoms with E-state index in [1.54, 1.807) is 16.8 Å². The average molecular weight is 433 g/mol. The van der Waals surface area contributed by atoms with E-state index >= 15 is 0 Å². The molecule has 30 heavy (non-hydrogen) atoms. The summed E-state index contributed by atoms with van der Waals surface area (Å²) in [5, 5.41) is 4.40. The number of benzene rings is 1. The molecule has 0 radical (unpaired) electrons. The molecule has 0 spiro atoms. The van der Waals surface area contributed by atoms with Crippen molar-refractivity contribution >= 4 is 34.4 Å². The smallest absolute Gasteiger partial charge is 0.264 e. The minimum atomic E-state index is -0.513. The van der Waals surface area contributed by atoms with Gasteiger partial charge in [0.2, 0.25) is 5.91 Å². The van der Waals surface area contributed by atoms with Crippen LogP contribution in [-0.2, 0) is 18.4 Å². The van der Waals surface area contributed by atoms with Crippen molar-refractivity contribution in [2.24, 2.45) is 7.05 Å². The van der Waals surface area contributed by atoms with Gasteiger partial charge in [-0.05, 0) is 18.2 Å². The Morgan fingerprint density at radius 3 is 2.57 bits per heavy atom. The first-order valence-corrected chi connectivity index (χ1v) is 9.62. The van der Waals surface area contributed by atoms with Crippen molar-refractivity contribution in [3.05, 3.63) is 57.5 Å². The summed E-state index contributed by atoms with van der Waals surface area (Å²) in [5.41, 5.74) is 0.344. The summed E-state index contributed by atoms with van der Waals surface area (Å²) in [6, 6.07) is 3.63. The monoisotopic (exact) mass is 432 g/mol. The number of aromatic nitrogens is 4. The first-order valence-electron chi connectivity index (χ1n) is 9.24. The zero-order valence-electron chi connectivity index (χ0n) is 16.1. The summed E-state index contributed by atoms with van der Waals surface area (Å²) >= 11 is 5.97. The quantitative estimate of drug-likeness (QED) is 0.613. The largest absolute Gasteiger partial charge is 0.338 e. The third kappa shape index (κ3) is 3.65. The van der Waals surface area contributed by atoms with Crippen LogP contribution in [-0.4, -0.2) is 67.1 Å². The highest BCUT2D eigenvalue weighted by molar-refractivity contribution is 6.33. The lowest BCUT2D eigenvalue weighted by Crippen LogP contribution is -2.51. The van der Waals surface area contributed by atoms with Gasteiger partial charge in [-0.15, -0.1) is 0 Å². The van der Waals surface area contributed by atoms with E-state index in [1.807, 2.05) is 0 Å². The maximum absolute atomic E-state index is 13.2. The molecule has 0 aliphatic carbocycles. The third-order valence-corrected chi connectivity index (χ3v) is 5.42. The first-order chi connectivity index (χ1) is 14.3. The van der Waals surface area contributed by atoms with E-state index in [0.717, 1.165) is 6.07 Å². The van der Waals surface area contributed by atoms with Crippen molar-refractivity contribution < 1.29 is 14.0 Å². The third-order valence-electron chi connectivity index (χ3n) is 5.10. The molecule has 0 atom stereocenters. The Kier molecular flexibility index (Phi) is 5.25. The minimum Gasteiger partial charge on any atom is -0.338 e.